The van der Waals surface area contributed by atoms with E-state index in [4.69, 9.17) is 0 Å². The Morgan fingerprint density at radius 2 is 1.47 bits per heavy atom. The van der Waals surface area contributed by atoms with Crippen molar-refractivity contribution in [3.8, 4) is 0 Å². The van der Waals surface area contributed by atoms with Crippen LogP contribution in [0.15, 0.2) is 11.1 Å². The zero-order valence-electron chi connectivity index (χ0n) is 11.1. The molecule has 0 heterocycles. The predicted molar refractivity (Wildman–Crippen MR) is 63.5 cm³/mol. The summed E-state index contributed by atoms with van der Waals surface area (Å²) in [4.78, 5) is 33.9. The van der Waals surface area contributed by atoms with Gasteiger partial charge in [0, 0.05) is 12.3 Å². The van der Waals surface area contributed by atoms with Crippen molar-refractivity contribution >= 4 is 17.7 Å². The first-order valence-electron chi connectivity index (χ1n) is 6.64. The van der Waals surface area contributed by atoms with Gasteiger partial charge in [0.15, 0.2) is 0 Å². The van der Waals surface area contributed by atoms with Crippen LogP contribution < -0.4 is 10.2 Å². The highest BCUT2D eigenvalue weighted by Gasteiger charge is 2.23. The number of carbonyl (C=O) groups excluding carboxylic acids is 3. The smallest absolute Gasteiger partial charge is 0.140 e. The van der Waals surface area contributed by atoms with Crippen molar-refractivity contribution in [2.75, 3.05) is 0 Å². The van der Waals surface area contributed by atoms with Gasteiger partial charge in [-0.3, -0.25) is 4.79 Å². The molecule has 0 aromatic carbocycles. The molecule has 0 aromatic heterocycles. The van der Waals surface area contributed by atoms with E-state index in [1.54, 1.807) is 0 Å². The number of rotatable bonds is 6. The van der Waals surface area contributed by atoms with E-state index in [1.807, 2.05) is 0 Å². The van der Waals surface area contributed by atoms with Crippen molar-refractivity contribution in [3.05, 3.63) is 11.1 Å². The molecule has 1 rings (SSSR count). The van der Waals surface area contributed by atoms with E-state index < -0.39 is 17.5 Å². The van der Waals surface area contributed by atoms with Crippen molar-refractivity contribution in [3.63, 3.8) is 0 Å². The third-order valence-corrected chi connectivity index (χ3v) is 3.62. The minimum Gasteiger partial charge on any atom is -0.545 e. The normalized spacial score (nSPS) is 17.7. The number of ketones is 1. The number of aliphatic carboxylic acids is 2. The SMILES string of the molecule is CC/C(C(=O)[O-])=C(/CC(=O)C1CCCCC1)C(=O)[O-]. The van der Waals surface area contributed by atoms with Gasteiger partial charge in [0.25, 0.3) is 0 Å². The molecule has 1 aliphatic rings. The second-order valence-corrected chi connectivity index (χ2v) is 4.86. The lowest BCUT2D eigenvalue weighted by atomic mass is 9.83. The van der Waals surface area contributed by atoms with Gasteiger partial charge >= 0.3 is 0 Å². The van der Waals surface area contributed by atoms with Gasteiger partial charge in [0.05, 0.1) is 11.9 Å². The summed E-state index contributed by atoms with van der Waals surface area (Å²) in [5.74, 6) is -3.49. The van der Waals surface area contributed by atoms with Crippen LogP contribution in [0.25, 0.3) is 0 Å². The summed E-state index contributed by atoms with van der Waals surface area (Å²) in [5.41, 5.74) is -0.776. The fraction of sp³-hybridized carbons (Fsp3) is 0.643. The lowest BCUT2D eigenvalue weighted by Crippen LogP contribution is -2.33. The van der Waals surface area contributed by atoms with Crippen LogP contribution >= 0.6 is 0 Å². The second-order valence-electron chi connectivity index (χ2n) is 4.86. The van der Waals surface area contributed by atoms with Gasteiger partial charge in [-0.15, -0.1) is 0 Å². The highest BCUT2D eigenvalue weighted by atomic mass is 16.4. The number of carboxylic acid groups (broad SMARTS) is 2. The molecule has 1 fully saturated rings. The van der Waals surface area contributed by atoms with Crippen molar-refractivity contribution in [1.29, 1.82) is 0 Å². The number of carboxylic acids is 2. The maximum absolute atomic E-state index is 12.0. The van der Waals surface area contributed by atoms with E-state index in [9.17, 15) is 24.6 Å². The molecule has 19 heavy (non-hydrogen) atoms. The molecule has 5 heteroatoms. The maximum atomic E-state index is 12.0. The van der Waals surface area contributed by atoms with Crippen molar-refractivity contribution in [1.82, 2.24) is 0 Å². The first-order valence-corrected chi connectivity index (χ1v) is 6.64. The van der Waals surface area contributed by atoms with Crippen LogP contribution in [-0.2, 0) is 14.4 Å². The largest absolute Gasteiger partial charge is 0.545 e. The Bertz CT molecular complexity index is 402. The average Bonchev–Trinajstić information content (AvgIpc) is 2.38. The molecule has 0 saturated heterocycles. The van der Waals surface area contributed by atoms with E-state index in [1.165, 1.54) is 6.92 Å². The highest BCUT2D eigenvalue weighted by molar-refractivity contribution is 6.01. The van der Waals surface area contributed by atoms with E-state index in [-0.39, 0.29) is 30.1 Å². The van der Waals surface area contributed by atoms with Crippen LogP contribution in [0.1, 0.15) is 51.9 Å². The second kappa shape index (κ2) is 7.07. The summed E-state index contributed by atoms with van der Waals surface area (Å²) in [6.07, 6.45) is 4.15. The molecular formula is C14H18O5-2. The summed E-state index contributed by atoms with van der Waals surface area (Å²) >= 11 is 0. The van der Waals surface area contributed by atoms with Crippen LogP contribution in [0.3, 0.4) is 0 Å². The molecular weight excluding hydrogens is 248 g/mol. The molecule has 0 spiro atoms. The van der Waals surface area contributed by atoms with Gasteiger partial charge < -0.3 is 19.8 Å². The van der Waals surface area contributed by atoms with Gasteiger partial charge in [-0.25, -0.2) is 0 Å². The zero-order chi connectivity index (χ0) is 14.4. The van der Waals surface area contributed by atoms with E-state index >= 15 is 0 Å². The van der Waals surface area contributed by atoms with Crippen LogP contribution in [0.2, 0.25) is 0 Å². The summed E-state index contributed by atoms with van der Waals surface area (Å²) in [6.45, 7) is 1.51. The molecule has 1 aliphatic carbocycles. The van der Waals surface area contributed by atoms with Crippen LogP contribution in [0, 0.1) is 5.92 Å². The lowest BCUT2D eigenvalue weighted by molar-refractivity contribution is -0.304. The molecule has 1 saturated carbocycles. The average molecular weight is 266 g/mol. The van der Waals surface area contributed by atoms with E-state index in [0.717, 1.165) is 32.1 Å². The van der Waals surface area contributed by atoms with Crippen LogP contribution in [0.4, 0.5) is 0 Å². The summed E-state index contributed by atoms with van der Waals surface area (Å²) < 4.78 is 0. The highest BCUT2D eigenvalue weighted by Crippen LogP contribution is 2.27. The van der Waals surface area contributed by atoms with Crippen molar-refractivity contribution in [2.24, 2.45) is 5.92 Å². The molecule has 0 aromatic rings. The van der Waals surface area contributed by atoms with Crippen molar-refractivity contribution < 1.29 is 24.6 Å². The topological polar surface area (TPSA) is 97.3 Å². The minimum atomic E-state index is -1.59. The zero-order valence-corrected chi connectivity index (χ0v) is 11.1. The Hall–Kier alpha value is -1.65. The summed E-state index contributed by atoms with van der Waals surface area (Å²) in [7, 11) is 0. The number of Topliss-reactive ketones (excluding diaryl/α,β-unsaturated/α-hetero) is 1. The molecule has 0 atom stereocenters. The van der Waals surface area contributed by atoms with Gasteiger partial charge in [0.1, 0.15) is 5.78 Å². The Kier molecular flexibility index (Phi) is 5.73. The molecule has 0 aliphatic heterocycles. The third-order valence-electron chi connectivity index (χ3n) is 3.62. The van der Waals surface area contributed by atoms with Crippen LogP contribution in [-0.4, -0.2) is 17.7 Å². The molecule has 106 valence electrons. The molecule has 0 radical (unpaired) electrons. The molecule has 0 unspecified atom stereocenters. The Morgan fingerprint density at radius 1 is 0.947 bits per heavy atom. The minimum absolute atomic E-state index is 0.00356. The van der Waals surface area contributed by atoms with Gasteiger partial charge in [-0.2, -0.15) is 0 Å². The monoisotopic (exact) mass is 266 g/mol. The van der Waals surface area contributed by atoms with E-state index in [2.05, 4.69) is 0 Å². The van der Waals surface area contributed by atoms with Crippen molar-refractivity contribution in [2.45, 2.75) is 51.9 Å². The summed E-state index contributed by atoms with van der Waals surface area (Å²) in [6, 6.07) is 0. The molecule has 0 amide bonds. The predicted octanol–water partition coefficient (Wildman–Crippen LogP) is -0.268. The van der Waals surface area contributed by atoms with Gasteiger partial charge in [-0.1, -0.05) is 26.2 Å². The lowest BCUT2D eigenvalue weighted by Gasteiger charge is -2.22. The Balaban J connectivity index is 2.87. The van der Waals surface area contributed by atoms with Crippen LogP contribution in [0.5, 0.6) is 0 Å². The Labute approximate surface area is 112 Å². The maximum Gasteiger partial charge on any atom is 0.140 e. The molecule has 0 bridgehead atoms. The number of hydrogen-bond donors (Lipinski definition) is 0. The molecule has 0 N–H and O–H groups in total. The van der Waals surface area contributed by atoms with Gasteiger partial charge in [-0.05, 0) is 30.4 Å². The number of hydrogen-bond acceptors (Lipinski definition) is 5. The first-order chi connectivity index (χ1) is 8.97. The number of carbonyl (C=O) groups is 3. The standard InChI is InChI=1S/C14H20O5/c1-2-10(13(16)17)11(14(18)19)8-12(15)9-6-4-3-5-7-9/h9H,2-8H2,1H3,(H,16,17)(H,18,19)/p-2/b11-10+. The fourth-order valence-corrected chi connectivity index (χ4v) is 2.53. The van der Waals surface area contributed by atoms with E-state index in [0.29, 0.717) is 0 Å². The summed E-state index contributed by atoms with van der Waals surface area (Å²) in [5, 5.41) is 21.9. The third kappa shape index (κ3) is 4.19. The quantitative estimate of drug-likeness (QED) is 0.616. The first kappa shape index (κ1) is 15.4. The molecule has 5 nitrogen and oxygen atoms in total. The fourth-order valence-electron chi connectivity index (χ4n) is 2.53. The van der Waals surface area contributed by atoms with Gasteiger partial charge in [0.2, 0.25) is 0 Å². The Morgan fingerprint density at radius 3 is 1.89 bits per heavy atom.